The molecule has 1 heterocycles. The van der Waals surface area contributed by atoms with Crippen molar-refractivity contribution in [2.45, 2.75) is 11.8 Å². The van der Waals surface area contributed by atoms with Crippen LogP contribution in [-0.2, 0) is 10.0 Å². The highest BCUT2D eigenvalue weighted by molar-refractivity contribution is 7.92. The Morgan fingerprint density at radius 3 is 2.67 bits per heavy atom. The van der Waals surface area contributed by atoms with Crippen molar-refractivity contribution in [1.82, 2.24) is 4.98 Å². The van der Waals surface area contributed by atoms with Gasteiger partial charge in [0.2, 0.25) is 0 Å². The molecule has 0 spiro atoms. The van der Waals surface area contributed by atoms with Gasteiger partial charge in [0.25, 0.3) is 10.0 Å². The van der Waals surface area contributed by atoms with Crippen LogP contribution in [0.4, 0.5) is 10.1 Å². The van der Waals surface area contributed by atoms with E-state index in [0.29, 0.717) is 11.3 Å². The average molecular weight is 304 g/mol. The summed E-state index contributed by atoms with van der Waals surface area (Å²) < 4.78 is 40.7. The monoisotopic (exact) mass is 304 g/mol. The Bertz CT molecular complexity index is 916. The molecular weight excluding hydrogens is 291 g/mol. The molecule has 0 saturated heterocycles. The quantitative estimate of drug-likeness (QED) is 0.779. The Balaban J connectivity index is 1.98. The summed E-state index contributed by atoms with van der Waals surface area (Å²) in [5, 5.41) is 0.875. The fourth-order valence-electron chi connectivity index (χ4n) is 2.15. The van der Waals surface area contributed by atoms with Crippen LogP contribution in [0.1, 0.15) is 5.56 Å². The number of halogens is 1. The van der Waals surface area contributed by atoms with Gasteiger partial charge in [0.1, 0.15) is 10.7 Å². The normalized spacial score (nSPS) is 11.7. The van der Waals surface area contributed by atoms with Gasteiger partial charge in [-0.15, -0.1) is 0 Å². The maximum atomic E-state index is 13.8. The van der Waals surface area contributed by atoms with Crippen LogP contribution in [-0.4, -0.2) is 13.4 Å². The standard InChI is InChI=1S/C15H13FN2O2S/c1-10-2-5-15(13(16)8-10)21(19,20)18-12-3-4-14-11(9-12)6-7-17-14/h2-9,17-18H,1H3. The number of H-pyrrole nitrogens is 1. The van der Waals surface area contributed by atoms with E-state index in [9.17, 15) is 12.8 Å². The van der Waals surface area contributed by atoms with Crippen LogP contribution >= 0.6 is 0 Å². The fourth-order valence-corrected chi connectivity index (χ4v) is 3.26. The first-order chi connectivity index (χ1) is 9.95. The van der Waals surface area contributed by atoms with Crippen LogP contribution in [0, 0.1) is 12.7 Å². The van der Waals surface area contributed by atoms with E-state index in [-0.39, 0.29) is 4.90 Å². The predicted molar refractivity (Wildman–Crippen MR) is 80.2 cm³/mol. The molecule has 2 N–H and O–H groups in total. The summed E-state index contributed by atoms with van der Waals surface area (Å²) in [6, 6.07) is 10.9. The van der Waals surface area contributed by atoms with E-state index < -0.39 is 15.8 Å². The highest BCUT2D eigenvalue weighted by Crippen LogP contribution is 2.22. The van der Waals surface area contributed by atoms with Gasteiger partial charge in [-0.2, -0.15) is 0 Å². The number of nitrogens with one attached hydrogen (secondary N) is 2. The van der Waals surface area contributed by atoms with Crippen molar-refractivity contribution >= 4 is 26.6 Å². The van der Waals surface area contributed by atoms with Crippen molar-refractivity contribution in [1.29, 1.82) is 0 Å². The molecule has 3 rings (SSSR count). The first-order valence-corrected chi connectivity index (χ1v) is 7.80. The maximum absolute atomic E-state index is 13.8. The molecule has 0 unspecified atom stereocenters. The van der Waals surface area contributed by atoms with Gasteiger partial charge in [0.15, 0.2) is 0 Å². The highest BCUT2D eigenvalue weighted by atomic mass is 32.2. The molecule has 0 aliphatic rings. The van der Waals surface area contributed by atoms with E-state index in [4.69, 9.17) is 0 Å². The Kier molecular flexibility index (Phi) is 3.17. The van der Waals surface area contributed by atoms with Crippen molar-refractivity contribution < 1.29 is 12.8 Å². The van der Waals surface area contributed by atoms with Crippen molar-refractivity contribution in [2.24, 2.45) is 0 Å². The van der Waals surface area contributed by atoms with Crippen LogP contribution in [0.25, 0.3) is 10.9 Å². The minimum absolute atomic E-state index is 0.359. The van der Waals surface area contributed by atoms with Gasteiger partial charge >= 0.3 is 0 Å². The van der Waals surface area contributed by atoms with E-state index in [1.807, 2.05) is 6.07 Å². The van der Waals surface area contributed by atoms with Crippen LogP contribution in [0.15, 0.2) is 53.6 Å². The van der Waals surface area contributed by atoms with Crippen molar-refractivity contribution in [3.63, 3.8) is 0 Å². The first-order valence-electron chi connectivity index (χ1n) is 6.32. The third kappa shape index (κ3) is 2.62. The van der Waals surface area contributed by atoms with Gasteiger partial charge in [-0.3, -0.25) is 4.72 Å². The van der Waals surface area contributed by atoms with Crippen LogP contribution < -0.4 is 4.72 Å². The summed E-state index contributed by atoms with van der Waals surface area (Å²) in [6.07, 6.45) is 1.77. The van der Waals surface area contributed by atoms with Gasteiger partial charge in [-0.05, 0) is 48.9 Å². The SMILES string of the molecule is Cc1ccc(S(=O)(=O)Nc2ccc3[nH]ccc3c2)c(F)c1. The minimum Gasteiger partial charge on any atom is -0.361 e. The number of sulfonamides is 1. The second kappa shape index (κ2) is 4.89. The molecule has 3 aromatic rings. The van der Waals surface area contributed by atoms with Crippen molar-refractivity contribution in [3.05, 3.63) is 60.0 Å². The number of hydrogen-bond acceptors (Lipinski definition) is 2. The lowest BCUT2D eigenvalue weighted by atomic mass is 10.2. The lowest BCUT2D eigenvalue weighted by Crippen LogP contribution is -2.14. The number of anilines is 1. The summed E-state index contributed by atoms with van der Waals surface area (Å²) in [7, 11) is -3.95. The zero-order valence-electron chi connectivity index (χ0n) is 11.2. The summed E-state index contributed by atoms with van der Waals surface area (Å²) in [5.74, 6) is -0.759. The van der Waals surface area contributed by atoms with E-state index in [1.54, 1.807) is 37.4 Å². The highest BCUT2D eigenvalue weighted by Gasteiger charge is 2.19. The number of hydrogen-bond donors (Lipinski definition) is 2. The maximum Gasteiger partial charge on any atom is 0.264 e. The molecule has 2 aromatic carbocycles. The molecule has 6 heteroatoms. The van der Waals surface area contributed by atoms with Crippen LogP contribution in [0.2, 0.25) is 0 Å². The van der Waals surface area contributed by atoms with E-state index in [2.05, 4.69) is 9.71 Å². The Morgan fingerprint density at radius 2 is 1.90 bits per heavy atom. The molecule has 0 saturated carbocycles. The van der Waals surface area contributed by atoms with Crippen LogP contribution in [0.3, 0.4) is 0 Å². The second-order valence-electron chi connectivity index (χ2n) is 4.82. The molecule has 0 atom stereocenters. The molecule has 21 heavy (non-hydrogen) atoms. The topological polar surface area (TPSA) is 62.0 Å². The third-order valence-corrected chi connectivity index (χ3v) is 4.60. The van der Waals surface area contributed by atoms with E-state index in [0.717, 1.165) is 10.9 Å². The molecule has 4 nitrogen and oxygen atoms in total. The number of aromatic amines is 1. The van der Waals surface area contributed by atoms with Crippen molar-refractivity contribution in [3.8, 4) is 0 Å². The van der Waals surface area contributed by atoms with Gasteiger partial charge in [-0.25, -0.2) is 12.8 Å². The lowest BCUT2D eigenvalue weighted by Gasteiger charge is -2.09. The molecule has 0 aliphatic carbocycles. The Labute approximate surface area is 121 Å². The van der Waals surface area contributed by atoms with Crippen molar-refractivity contribution in [2.75, 3.05) is 4.72 Å². The zero-order valence-corrected chi connectivity index (χ0v) is 12.0. The first kappa shape index (κ1) is 13.6. The molecular formula is C15H13FN2O2S. The minimum atomic E-state index is -3.95. The van der Waals surface area contributed by atoms with Crippen LogP contribution in [0.5, 0.6) is 0 Å². The second-order valence-corrected chi connectivity index (χ2v) is 6.47. The average Bonchev–Trinajstić information content (AvgIpc) is 2.85. The summed E-state index contributed by atoms with van der Waals surface area (Å²) in [4.78, 5) is 2.66. The smallest absolute Gasteiger partial charge is 0.264 e. The number of rotatable bonds is 3. The molecule has 108 valence electrons. The zero-order chi connectivity index (χ0) is 15.0. The molecule has 0 amide bonds. The number of aromatic nitrogens is 1. The van der Waals surface area contributed by atoms with Gasteiger partial charge in [0.05, 0.1) is 0 Å². The fraction of sp³-hybridized carbons (Fsp3) is 0.0667. The predicted octanol–water partition coefficient (Wildman–Crippen LogP) is 3.42. The largest absolute Gasteiger partial charge is 0.361 e. The summed E-state index contributed by atoms with van der Waals surface area (Å²) >= 11 is 0. The number of aryl methyl sites for hydroxylation is 1. The molecule has 0 bridgehead atoms. The summed E-state index contributed by atoms with van der Waals surface area (Å²) in [6.45, 7) is 1.70. The molecule has 0 radical (unpaired) electrons. The lowest BCUT2D eigenvalue weighted by molar-refractivity contribution is 0.569. The molecule has 0 aliphatic heterocycles. The Morgan fingerprint density at radius 1 is 1.10 bits per heavy atom. The third-order valence-electron chi connectivity index (χ3n) is 3.18. The summed E-state index contributed by atoms with van der Waals surface area (Å²) in [5.41, 5.74) is 1.96. The Hall–Kier alpha value is -2.34. The number of fused-ring (bicyclic) bond motifs is 1. The molecule has 0 fully saturated rings. The number of benzene rings is 2. The van der Waals surface area contributed by atoms with E-state index >= 15 is 0 Å². The van der Waals surface area contributed by atoms with Gasteiger partial charge in [-0.1, -0.05) is 6.07 Å². The molecule has 1 aromatic heterocycles. The van der Waals surface area contributed by atoms with Gasteiger partial charge < -0.3 is 4.98 Å². The van der Waals surface area contributed by atoms with E-state index in [1.165, 1.54) is 12.1 Å². The van der Waals surface area contributed by atoms with Gasteiger partial charge in [0, 0.05) is 22.8 Å².